The minimum Gasteiger partial charge on any atom is -0.494 e. The van der Waals surface area contributed by atoms with Crippen molar-refractivity contribution in [2.45, 2.75) is 13.5 Å². The first-order valence-corrected chi connectivity index (χ1v) is 8.97. The van der Waals surface area contributed by atoms with Gasteiger partial charge >= 0.3 is 11.8 Å². The Morgan fingerprint density at radius 3 is 2.62 bits per heavy atom. The first kappa shape index (κ1) is 19.9. The molecule has 1 aromatic heterocycles. The van der Waals surface area contributed by atoms with Crippen molar-refractivity contribution in [3.8, 4) is 5.75 Å². The van der Waals surface area contributed by atoms with Crippen molar-refractivity contribution in [1.82, 2.24) is 5.32 Å². The van der Waals surface area contributed by atoms with Gasteiger partial charge in [0.25, 0.3) is 0 Å². The monoisotopic (exact) mass is 391 g/mol. The van der Waals surface area contributed by atoms with Gasteiger partial charge in [0.15, 0.2) is 0 Å². The number of ether oxygens (including phenoxy) is 1. The van der Waals surface area contributed by atoms with E-state index in [0.29, 0.717) is 28.6 Å². The van der Waals surface area contributed by atoms with Gasteiger partial charge in [-0.3, -0.25) is 9.59 Å². The first-order valence-electron chi connectivity index (χ1n) is 8.97. The van der Waals surface area contributed by atoms with E-state index in [1.54, 1.807) is 49.7 Å². The number of furan rings is 1. The fourth-order valence-corrected chi connectivity index (χ4v) is 2.55. The highest BCUT2D eigenvalue weighted by Gasteiger charge is 2.14. The summed E-state index contributed by atoms with van der Waals surface area (Å²) >= 11 is 0. The Morgan fingerprint density at radius 2 is 1.86 bits per heavy atom. The highest BCUT2D eigenvalue weighted by atomic mass is 16.5. The molecule has 0 spiro atoms. The maximum atomic E-state index is 11.9. The van der Waals surface area contributed by atoms with Crippen LogP contribution in [0, 0.1) is 6.92 Å². The van der Waals surface area contributed by atoms with Crippen LogP contribution in [-0.2, 0) is 16.1 Å². The zero-order valence-corrected chi connectivity index (χ0v) is 16.1. The van der Waals surface area contributed by atoms with E-state index in [1.807, 2.05) is 31.2 Å². The second-order valence-corrected chi connectivity index (χ2v) is 6.24. The number of para-hydroxylation sites is 1. The van der Waals surface area contributed by atoms with Crippen LogP contribution in [-0.4, -0.2) is 25.1 Å². The van der Waals surface area contributed by atoms with Crippen LogP contribution in [0.4, 0.5) is 11.4 Å². The molecule has 2 amide bonds. The molecule has 0 aliphatic carbocycles. The van der Waals surface area contributed by atoms with Crippen LogP contribution in [0.1, 0.15) is 17.1 Å². The standard InChI is InChI=1S/C22H21N3O4/c1-15-8-11-20(28-2)19(12-15)23-13-17-9-10-18(29-17)14-24-21(26)22(27)25-16-6-4-3-5-7-16/h3-13H,14H2,1-2H3,(H,24,26)(H,25,27). The zero-order chi connectivity index (χ0) is 20.6. The number of rotatable bonds is 6. The molecular weight excluding hydrogens is 370 g/mol. The normalized spacial score (nSPS) is 10.7. The van der Waals surface area contributed by atoms with E-state index < -0.39 is 11.8 Å². The Morgan fingerprint density at radius 1 is 1.07 bits per heavy atom. The van der Waals surface area contributed by atoms with Crippen molar-refractivity contribution in [1.29, 1.82) is 0 Å². The number of nitrogens with one attached hydrogen (secondary N) is 2. The lowest BCUT2D eigenvalue weighted by molar-refractivity contribution is -0.136. The molecule has 1 heterocycles. The van der Waals surface area contributed by atoms with Crippen LogP contribution in [0.3, 0.4) is 0 Å². The van der Waals surface area contributed by atoms with Gasteiger partial charge in [-0.05, 0) is 48.9 Å². The first-order chi connectivity index (χ1) is 14.0. The fraction of sp³-hybridized carbons (Fsp3) is 0.136. The molecule has 2 aromatic carbocycles. The lowest BCUT2D eigenvalue weighted by Gasteiger charge is -2.05. The highest BCUT2D eigenvalue weighted by molar-refractivity contribution is 6.39. The SMILES string of the molecule is COc1ccc(C)cc1N=Cc1ccc(CNC(=O)C(=O)Nc2ccccc2)o1. The summed E-state index contributed by atoms with van der Waals surface area (Å²) in [5.74, 6) is 0.200. The molecular formula is C22H21N3O4. The molecule has 0 bridgehead atoms. The van der Waals surface area contributed by atoms with Crippen LogP contribution in [0.5, 0.6) is 5.75 Å². The fourth-order valence-electron chi connectivity index (χ4n) is 2.55. The maximum Gasteiger partial charge on any atom is 0.313 e. The number of nitrogens with zero attached hydrogens (tertiary/aromatic N) is 1. The van der Waals surface area contributed by atoms with E-state index in [2.05, 4.69) is 15.6 Å². The third kappa shape index (κ3) is 5.55. The van der Waals surface area contributed by atoms with Gasteiger partial charge in [0.2, 0.25) is 0 Å². The number of aryl methyl sites for hydroxylation is 1. The number of carbonyl (C=O) groups excluding carboxylic acids is 2. The topological polar surface area (TPSA) is 92.9 Å². The molecule has 0 saturated heterocycles. The zero-order valence-electron chi connectivity index (χ0n) is 16.1. The van der Waals surface area contributed by atoms with E-state index in [1.165, 1.54) is 0 Å². The molecule has 2 N–H and O–H groups in total. The van der Waals surface area contributed by atoms with Crippen molar-refractivity contribution >= 4 is 29.4 Å². The summed E-state index contributed by atoms with van der Waals surface area (Å²) < 4.78 is 10.9. The molecule has 29 heavy (non-hydrogen) atoms. The lowest BCUT2D eigenvalue weighted by Crippen LogP contribution is -2.34. The predicted molar refractivity (Wildman–Crippen MR) is 111 cm³/mol. The third-order valence-corrected chi connectivity index (χ3v) is 4.01. The quantitative estimate of drug-likeness (QED) is 0.496. The number of hydrogen-bond acceptors (Lipinski definition) is 5. The van der Waals surface area contributed by atoms with Crippen LogP contribution in [0.25, 0.3) is 0 Å². The van der Waals surface area contributed by atoms with E-state index in [4.69, 9.17) is 9.15 Å². The van der Waals surface area contributed by atoms with E-state index in [-0.39, 0.29) is 6.54 Å². The smallest absolute Gasteiger partial charge is 0.313 e. The molecule has 7 heteroatoms. The van der Waals surface area contributed by atoms with Gasteiger partial charge in [0.05, 0.1) is 19.9 Å². The maximum absolute atomic E-state index is 11.9. The van der Waals surface area contributed by atoms with Crippen molar-refractivity contribution in [3.63, 3.8) is 0 Å². The summed E-state index contributed by atoms with van der Waals surface area (Å²) in [6.07, 6.45) is 1.57. The van der Waals surface area contributed by atoms with Gasteiger partial charge in [-0.1, -0.05) is 24.3 Å². The average molecular weight is 391 g/mol. The molecule has 3 aromatic rings. The number of carbonyl (C=O) groups is 2. The Balaban J connectivity index is 1.56. The number of aliphatic imine (C=N–C) groups is 1. The second-order valence-electron chi connectivity index (χ2n) is 6.24. The summed E-state index contributed by atoms with van der Waals surface area (Å²) in [4.78, 5) is 28.2. The largest absolute Gasteiger partial charge is 0.494 e. The summed E-state index contributed by atoms with van der Waals surface area (Å²) in [6, 6.07) is 17.9. The Hall–Kier alpha value is -3.87. The number of methoxy groups -OCH3 is 1. The van der Waals surface area contributed by atoms with Crippen LogP contribution < -0.4 is 15.4 Å². The molecule has 0 radical (unpaired) electrons. The number of benzene rings is 2. The summed E-state index contributed by atoms with van der Waals surface area (Å²) in [5, 5.41) is 5.04. The van der Waals surface area contributed by atoms with Crippen molar-refractivity contribution in [2.75, 3.05) is 12.4 Å². The minimum atomic E-state index is -0.745. The van der Waals surface area contributed by atoms with Crippen molar-refractivity contribution in [3.05, 3.63) is 77.7 Å². The molecule has 0 aliphatic heterocycles. The van der Waals surface area contributed by atoms with Gasteiger partial charge in [-0.2, -0.15) is 0 Å². The molecule has 7 nitrogen and oxygen atoms in total. The summed E-state index contributed by atoms with van der Waals surface area (Å²) in [7, 11) is 1.59. The van der Waals surface area contributed by atoms with Crippen LogP contribution in [0.15, 0.2) is 70.1 Å². The number of amides is 2. The third-order valence-electron chi connectivity index (χ3n) is 4.01. The molecule has 0 saturated carbocycles. The lowest BCUT2D eigenvalue weighted by atomic mass is 10.2. The Labute approximate surface area is 168 Å². The second kappa shape index (κ2) is 9.36. The number of hydrogen-bond donors (Lipinski definition) is 2. The molecule has 0 atom stereocenters. The number of anilines is 1. The minimum absolute atomic E-state index is 0.0860. The molecule has 0 unspecified atom stereocenters. The van der Waals surface area contributed by atoms with Gasteiger partial charge < -0.3 is 19.8 Å². The highest BCUT2D eigenvalue weighted by Crippen LogP contribution is 2.28. The van der Waals surface area contributed by atoms with E-state index >= 15 is 0 Å². The Bertz CT molecular complexity index is 1030. The van der Waals surface area contributed by atoms with Crippen LogP contribution >= 0.6 is 0 Å². The molecule has 3 rings (SSSR count). The van der Waals surface area contributed by atoms with E-state index in [0.717, 1.165) is 5.56 Å². The van der Waals surface area contributed by atoms with Gasteiger partial charge in [-0.25, -0.2) is 4.99 Å². The molecule has 0 aliphatic rings. The van der Waals surface area contributed by atoms with Gasteiger partial charge in [-0.15, -0.1) is 0 Å². The predicted octanol–water partition coefficient (Wildman–Crippen LogP) is 3.60. The average Bonchev–Trinajstić information content (AvgIpc) is 3.19. The van der Waals surface area contributed by atoms with Crippen molar-refractivity contribution in [2.24, 2.45) is 4.99 Å². The van der Waals surface area contributed by atoms with Crippen molar-refractivity contribution < 1.29 is 18.7 Å². The summed E-state index contributed by atoms with van der Waals surface area (Å²) in [6.45, 7) is 2.06. The Kier molecular flexibility index (Phi) is 6.42. The van der Waals surface area contributed by atoms with Crippen LogP contribution in [0.2, 0.25) is 0 Å². The molecule has 0 fully saturated rings. The van der Waals surface area contributed by atoms with Gasteiger partial charge in [0.1, 0.15) is 23.0 Å². The summed E-state index contributed by atoms with van der Waals surface area (Å²) in [5.41, 5.74) is 2.31. The molecule has 148 valence electrons. The van der Waals surface area contributed by atoms with E-state index in [9.17, 15) is 9.59 Å². The van der Waals surface area contributed by atoms with Gasteiger partial charge in [0, 0.05) is 5.69 Å².